The van der Waals surface area contributed by atoms with Gasteiger partial charge in [-0.3, -0.25) is 4.79 Å². The molecule has 0 bridgehead atoms. The minimum Gasteiger partial charge on any atom is -0.466 e. The molecule has 1 fully saturated rings. The Kier molecular flexibility index (Phi) is 6.74. The highest BCUT2D eigenvalue weighted by molar-refractivity contribution is 8.04. The maximum absolute atomic E-state index is 12.9. The Morgan fingerprint density at radius 1 is 1.27 bits per heavy atom. The van der Waals surface area contributed by atoms with Crippen LogP contribution in [0, 0.1) is 6.92 Å². The van der Waals surface area contributed by atoms with Gasteiger partial charge in [-0.1, -0.05) is 47.3 Å². The van der Waals surface area contributed by atoms with E-state index in [0.29, 0.717) is 40.3 Å². The summed E-state index contributed by atoms with van der Waals surface area (Å²) >= 11 is 1.27. The molecule has 9 nitrogen and oxygen atoms in total. The van der Waals surface area contributed by atoms with Crippen molar-refractivity contribution in [2.24, 2.45) is 0 Å². The average Bonchev–Trinajstić information content (AvgIpc) is 3.38. The zero-order valence-electron chi connectivity index (χ0n) is 18.1. The summed E-state index contributed by atoms with van der Waals surface area (Å²) in [5.74, 6) is -0.904. The number of carbonyl (C=O) groups excluding carboxylic acids is 3. The molecule has 10 heteroatoms. The number of benzene rings is 1. The first-order valence-electron chi connectivity index (χ1n) is 10.2. The van der Waals surface area contributed by atoms with Crippen molar-refractivity contribution >= 4 is 40.7 Å². The van der Waals surface area contributed by atoms with Gasteiger partial charge in [-0.05, 0) is 19.4 Å². The molecule has 0 N–H and O–H groups in total. The van der Waals surface area contributed by atoms with Crippen LogP contribution in [0.25, 0.3) is 22.4 Å². The van der Waals surface area contributed by atoms with Gasteiger partial charge in [-0.2, -0.15) is 0 Å². The van der Waals surface area contributed by atoms with Gasteiger partial charge in [-0.15, -0.1) is 0 Å². The first-order valence-corrected chi connectivity index (χ1v) is 11.2. The van der Waals surface area contributed by atoms with Gasteiger partial charge in [0.25, 0.3) is 5.71 Å². The topological polar surface area (TPSA) is 112 Å². The molecule has 1 aromatic carbocycles. The van der Waals surface area contributed by atoms with Crippen LogP contribution in [0.2, 0.25) is 0 Å². The number of carbonyl (C=O) groups is 3. The Labute approximate surface area is 193 Å². The molecule has 1 aliphatic rings. The van der Waals surface area contributed by atoms with Crippen LogP contribution in [0.3, 0.4) is 0 Å². The molecular formula is C23H21N3O6S. The summed E-state index contributed by atoms with van der Waals surface area (Å²) in [4.78, 5) is 42.5. The third-order valence-corrected chi connectivity index (χ3v) is 6.04. The van der Waals surface area contributed by atoms with Gasteiger partial charge in [0.1, 0.15) is 0 Å². The van der Waals surface area contributed by atoms with Crippen molar-refractivity contribution in [2.75, 3.05) is 26.0 Å². The molecule has 0 aliphatic carbocycles. The van der Waals surface area contributed by atoms with Gasteiger partial charge < -0.3 is 18.9 Å². The maximum Gasteiger partial charge on any atom is 0.339 e. The van der Waals surface area contributed by atoms with Crippen molar-refractivity contribution in [3.8, 4) is 11.3 Å². The predicted molar refractivity (Wildman–Crippen MR) is 121 cm³/mol. The Balaban J connectivity index is 1.46. The van der Waals surface area contributed by atoms with Gasteiger partial charge in [-0.25, -0.2) is 14.6 Å². The van der Waals surface area contributed by atoms with Crippen molar-refractivity contribution in [3.05, 3.63) is 58.8 Å². The van der Waals surface area contributed by atoms with E-state index in [-0.39, 0.29) is 24.0 Å². The van der Waals surface area contributed by atoms with Crippen molar-refractivity contribution < 1.29 is 28.4 Å². The Morgan fingerprint density at radius 3 is 2.82 bits per heavy atom. The van der Waals surface area contributed by atoms with Crippen LogP contribution in [0.5, 0.6) is 0 Å². The number of thioether (sulfide) groups is 1. The molecule has 3 aromatic rings. The average molecular weight is 468 g/mol. The summed E-state index contributed by atoms with van der Waals surface area (Å²) in [5, 5.41) is 4.97. The molecule has 1 saturated heterocycles. The van der Waals surface area contributed by atoms with Crippen molar-refractivity contribution in [2.45, 2.75) is 13.3 Å². The van der Waals surface area contributed by atoms with Crippen LogP contribution in [0.4, 0.5) is 0 Å². The fourth-order valence-corrected chi connectivity index (χ4v) is 4.36. The number of ether oxygens (including phenoxy) is 2. The molecule has 1 amide bonds. The maximum atomic E-state index is 12.9. The number of methoxy groups -OCH3 is 1. The van der Waals surface area contributed by atoms with E-state index in [9.17, 15) is 14.4 Å². The summed E-state index contributed by atoms with van der Waals surface area (Å²) in [5.41, 5.74) is 2.53. The summed E-state index contributed by atoms with van der Waals surface area (Å²) in [7, 11) is 1.28. The lowest BCUT2D eigenvalue weighted by molar-refractivity contribution is -0.134. The largest absolute Gasteiger partial charge is 0.466 e. The van der Waals surface area contributed by atoms with Gasteiger partial charge in [0.2, 0.25) is 5.91 Å². The van der Waals surface area contributed by atoms with E-state index in [0.717, 1.165) is 5.56 Å². The van der Waals surface area contributed by atoms with Crippen molar-refractivity contribution in [3.63, 3.8) is 0 Å². The SMILES string of the molecule is COC(=O)/C=C1/SCC(=O)N1CCCOC(=O)c1cc(-c2ccccc2)nc2onc(C)c12. The van der Waals surface area contributed by atoms with Gasteiger partial charge in [0, 0.05) is 12.1 Å². The number of rotatable bonds is 7. The molecule has 0 atom stereocenters. The molecule has 4 rings (SSSR count). The predicted octanol–water partition coefficient (Wildman–Crippen LogP) is 3.33. The first kappa shape index (κ1) is 22.5. The fourth-order valence-electron chi connectivity index (χ4n) is 3.41. The van der Waals surface area contributed by atoms with Crippen molar-refractivity contribution in [1.29, 1.82) is 0 Å². The quantitative estimate of drug-likeness (QED) is 0.293. The van der Waals surface area contributed by atoms with Gasteiger partial charge in [0.15, 0.2) is 0 Å². The van der Waals surface area contributed by atoms with Crippen molar-refractivity contribution in [1.82, 2.24) is 15.0 Å². The molecule has 2 aromatic heterocycles. The number of esters is 2. The molecule has 0 radical (unpaired) electrons. The van der Waals surface area contributed by atoms with E-state index in [1.807, 2.05) is 30.3 Å². The fraction of sp³-hybridized carbons (Fsp3) is 0.261. The monoisotopic (exact) mass is 467 g/mol. The minimum atomic E-state index is -0.529. The number of fused-ring (bicyclic) bond motifs is 1. The summed E-state index contributed by atoms with van der Waals surface area (Å²) < 4.78 is 15.4. The third kappa shape index (κ3) is 4.90. The standard InChI is InChI=1S/C23H21N3O6S/c1-14-21-16(11-17(24-22(21)32-25-14)15-7-4-3-5-8-15)23(29)31-10-6-9-26-18(27)13-33-19(26)12-20(28)30-2/h3-5,7-8,11-12H,6,9-10,13H2,1-2H3/b19-12+. The van der Waals surface area contributed by atoms with Gasteiger partial charge in [0.05, 0.1) is 52.9 Å². The number of hydrogen-bond acceptors (Lipinski definition) is 9. The number of aromatic nitrogens is 2. The van der Waals surface area contributed by atoms with Crippen LogP contribution >= 0.6 is 11.8 Å². The lowest BCUT2D eigenvalue weighted by Crippen LogP contribution is -2.27. The Morgan fingerprint density at radius 2 is 2.06 bits per heavy atom. The Hall–Kier alpha value is -3.66. The molecule has 3 heterocycles. The summed E-state index contributed by atoms with van der Waals surface area (Å²) in [6.07, 6.45) is 1.69. The molecule has 1 aliphatic heterocycles. The van der Waals surface area contributed by atoms with Crippen LogP contribution in [0.15, 0.2) is 52.0 Å². The normalized spacial score (nSPS) is 14.8. The third-order valence-electron chi connectivity index (χ3n) is 5.02. The van der Waals surface area contributed by atoms with Crippen LogP contribution in [-0.2, 0) is 19.1 Å². The molecule has 0 spiro atoms. The van der Waals surface area contributed by atoms with Crippen LogP contribution in [-0.4, -0.2) is 58.9 Å². The van der Waals surface area contributed by atoms with E-state index >= 15 is 0 Å². The number of nitrogens with zero attached hydrogens (tertiary/aromatic N) is 3. The molecule has 33 heavy (non-hydrogen) atoms. The highest BCUT2D eigenvalue weighted by atomic mass is 32.2. The molecule has 170 valence electrons. The second-order valence-corrected chi connectivity index (χ2v) is 8.19. The molecule has 0 saturated carbocycles. The summed E-state index contributed by atoms with van der Waals surface area (Å²) in [6.45, 7) is 2.14. The Bertz CT molecular complexity index is 1240. The molecule has 0 unspecified atom stereocenters. The number of hydrogen-bond donors (Lipinski definition) is 0. The minimum absolute atomic E-state index is 0.0909. The lowest BCUT2D eigenvalue weighted by Gasteiger charge is -2.16. The van der Waals surface area contributed by atoms with E-state index in [4.69, 9.17) is 9.26 Å². The van der Waals surface area contributed by atoms with E-state index in [1.165, 1.54) is 29.8 Å². The van der Waals surface area contributed by atoms with E-state index < -0.39 is 11.9 Å². The lowest BCUT2D eigenvalue weighted by atomic mass is 10.1. The van der Waals surface area contributed by atoms with Crippen LogP contribution < -0.4 is 0 Å². The second kappa shape index (κ2) is 9.86. The summed E-state index contributed by atoms with van der Waals surface area (Å²) in [6, 6.07) is 11.1. The second-order valence-electron chi connectivity index (χ2n) is 7.20. The number of pyridine rings is 1. The van der Waals surface area contributed by atoms with E-state index in [1.54, 1.807) is 13.0 Å². The molecular weight excluding hydrogens is 446 g/mol. The highest BCUT2D eigenvalue weighted by Gasteiger charge is 2.27. The number of amides is 1. The zero-order valence-corrected chi connectivity index (χ0v) is 18.9. The van der Waals surface area contributed by atoms with Gasteiger partial charge >= 0.3 is 11.9 Å². The smallest absolute Gasteiger partial charge is 0.339 e. The van der Waals surface area contributed by atoms with E-state index in [2.05, 4.69) is 14.9 Å². The number of aryl methyl sites for hydroxylation is 1. The zero-order chi connectivity index (χ0) is 23.4. The first-order chi connectivity index (χ1) is 16.0. The van der Waals surface area contributed by atoms with Crippen LogP contribution in [0.1, 0.15) is 22.5 Å². The highest BCUT2D eigenvalue weighted by Crippen LogP contribution is 2.29.